The van der Waals surface area contributed by atoms with E-state index in [1.54, 1.807) is 6.26 Å². The van der Waals surface area contributed by atoms with E-state index in [1.807, 2.05) is 18.2 Å². The first-order valence-electron chi connectivity index (χ1n) is 6.03. The molecular weight excluding hydrogens is 289 g/mol. The highest BCUT2D eigenvalue weighted by Gasteiger charge is 2.10. The zero-order valence-electron chi connectivity index (χ0n) is 10.7. The molecule has 2 nitrogen and oxygen atoms in total. The standard InChI is InChI=1S/C13H19Cl2NOS/c1-3-13(16-7-4-8-18(2)17)10-5-6-11(14)12(15)9-10/h5-6,9,13,16H,3-4,7-8H2,1-2H3. The van der Waals surface area contributed by atoms with Gasteiger partial charge in [-0.1, -0.05) is 36.2 Å². The van der Waals surface area contributed by atoms with Crippen LogP contribution in [0, 0.1) is 0 Å². The van der Waals surface area contributed by atoms with Gasteiger partial charge in [-0.05, 0) is 37.1 Å². The van der Waals surface area contributed by atoms with Crippen LogP contribution in [0.5, 0.6) is 0 Å². The molecule has 0 spiro atoms. The Bertz CT molecular complexity index is 412. The molecule has 102 valence electrons. The summed E-state index contributed by atoms with van der Waals surface area (Å²) in [5.41, 5.74) is 1.14. The van der Waals surface area contributed by atoms with Crippen LogP contribution in [0.4, 0.5) is 0 Å². The maximum atomic E-state index is 11.0. The molecule has 2 atom stereocenters. The third-order valence-corrected chi connectivity index (χ3v) is 4.36. The van der Waals surface area contributed by atoms with Crippen LogP contribution in [-0.2, 0) is 10.8 Å². The van der Waals surface area contributed by atoms with Crippen molar-refractivity contribution in [3.8, 4) is 0 Å². The predicted octanol–water partition coefficient (Wildman–Crippen LogP) is 3.80. The van der Waals surface area contributed by atoms with Gasteiger partial charge in [-0.15, -0.1) is 0 Å². The number of hydrogen-bond donors (Lipinski definition) is 1. The van der Waals surface area contributed by atoms with Crippen molar-refractivity contribution in [1.82, 2.24) is 5.32 Å². The molecule has 0 aliphatic carbocycles. The normalized spacial score (nSPS) is 14.4. The van der Waals surface area contributed by atoms with Crippen molar-refractivity contribution in [1.29, 1.82) is 0 Å². The fourth-order valence-electron chi connectivity index (χ4n) is 1.78. The quantitative estimate of drug-likeness (QED) is 0.776. The Kier molecular flexibility index (Phi) is 7.23. The molecule has 1 aromatic carbocycles. The highest BCUT2D eigenvalue weighted by Crippen LogP contribution is 2.26. The van der Waals surface area contributed by atoms with E-state index in [-0.39, 0.29) is 6.04 Å². The van der Waals surface area contributed by atoms with Crippen LogP contribution in [-0.4, -0.2) is 22.8 Å². The second-order valence-electron chi connectivity index (χ2n) is 4.22. The monoisotopic (exact) mass is 307 g/mol. The summed E-state index contributed by atoms with van der Waals surface area (Å²) in [5.74, 6) is 0.741. The zero-order valence-corrected chi connectivity index (χ0v) is 13.0. The molecule has 0 heterocycles. The van der Waals surface area contributed by atoms with Gasteiger partial charge in [0.25, 0.3) is 0 Å². The maximum Gasteiger partial charge on any atom is 0.0595 e. The topological polar surface area (TPSA) is 29.1 Å². The Balaban J connectivity index is 2.54. The molecule has 0 fully saturated rings. The van der Waals surface area contributed by atoms with Gasteiger partial charge in [-0.25, -0.2) is 0 Å². The van der Waals surface area contributed by atoms with Crippen molar-refractivity contribution in [2.24, 2.45) is 0 Å². The van der Waals surface area contributed by atoms with E-state index in [2.05, 4.69) is 12.2 Å². The van der Waals surface area contributed by atoms with E-state index < -0.39 is 10.8 Å². The highest BCUT2D eigenvalue weighted by atomic mass is 35.5. The molecule has 5 heteroatoms. The molecule has 1 N–H and O–H groups in total. The van der Waals surface area contributed by atoms with Crippen LogP contribution in [0.25, 0.3) is 0 Å². The van der Waals surface area contributed by atoms with Crippen molar-refractivity contribution in [2.45, 2.75) is 25.8 Å². The molecule has 0 aliphatic heterocycles. The second-order valence-corrected chi connectivity index (χ2v) is 6.59. The lowest BCUT2D eigenvalue weighted by Gasteiger charge is -2.17. The molecule has 0 saturated carbocycles. The first kappa shape index (κ1) is 16.0. The first-order chi connectivity index (χ1) is 8.54. The molecule has 0 saturated heterocycles. The molecular formula is C13H19Cl2NOS. The lowest BCUT2D eigenvalue weighted by molar-refractivity contribution is 0.519. The smallest absolute Gasteiger partial charge is 0.0595 e. The summed E-state index contributed by atoms with van der Waals surface area (Å²) in [6.07, 6.45) is 3.63. The minimum Gasteiger partial charge on any atom is -0.310 e. The van der Waals surface area contributed by atoms with Crippen molar-refractivity contribution in [3.63, 3.8) is 0 Å². The van der Waals surface area contributed by atoms with Crippen LogP contribution >= 0.6 is 23.2 Å². The molecule has 0 bridgehead atoms. The lowest BCUT2D eigenvalue weighted by atomic mass is 10.0. The van der Waals surface area contributed by atoms with Crippen LogP contribution in [0.2, 0.25) is 10.0 Å². The minimum absolute atomic E-state index is 0.269. The molecule has 0 radical (unpaired) electrons. The number of benzene rings is 1. The Hall–Kier alpha value is -0.0900. The molecule has 2 unspecified atom stereocenters. The predicted molar refractivity (Wildman–Crippen MR) is 81.0 cm³/mol. The van der Waals surface area contributed by atoms with Crippen molar-refractivity contribution in [2.75, 3.05) is 18.6 Å². The molecule has 1 aromatic rings. The average molecular weight is 308 g/mol. The Morgan fingerprint density at radius 1 is 1.33 bits per heavy atom. The van der Waals surface area contributed by atoms with E-state index in [4.69, 9.17) is 23.2 Å². The summed E-state index contributed by atoms with van der Waals surface area (Å²) in [5, 5.41) is 4.62. The molecule has 1 rings (SSSR count). The van der Waals surface area contributed by atoms with Gasteiger partial charge in [0.15, 0.2) is 0 Å². The highest BCUT2D eigenvalue weighted by molar-refractivity contribution is 7.84. The summed E-state index contributed by atoms with van der Waals surface area (Å²) in [6, 6.07) is 5.99. The number of hydrogen-bond acceptors (Lipinski definition) is 2. The van der Waals surface area contributed by atoms with E-state index in [0.717, 1.165) is 30.7 Å². The zero-order chi connectivity index (χ0) is 13.5. The van der Waals surface area contributed by atoms with E-state index in [1.165, 1.54) is 0 Å². The van der Waals surface area contributed by atoms with Gasteiger partial charge in [0, 0.05) is 28.9 Å². The molecule has 18 heavy (non-hydrogen) atoms. The lowest BCUT2D eigenvalue weighted by Crippen LogP contribution is -2.23. The summed E-state index contributed by atoms with van der Waals surface area (Å²) in [4.78, 5) is 0. The summed E-state index contributed by atoms with van der Waals surface area (Å²) in [7, 11) is -0.712. The van der Waals surface area contributed by atoms with Crippen molar-refractivity contribution >= 4 is 34.0 Å². The number of nitrogens with one attached hydrogen (secondary N) is 1. The molecule has 0 aromatic heterocycles. The van der Waals surface area contributed by atoms with Crippen LogP contribution in [0.1, 0.15) is 31.4 Å². The minimum atomic E-state index is -0.712. The molecule has 0 aliphatic rings. The SMILES string of the molecule is CCC(NCCCS(C)=O)c1ccc(Cl)c(Cl)c1. The van der Waals surface area contributed by atoms with Gasteiger partial charge >= 0.3 is 0 Å². The maximum absolute atomic E-state index is 11.0. The third-order valence-electron chi connectivity index (χ3n) is 2.75. The Morgan fingerprint density at radius 3 is 2.61 bits per heavy atom. The molecule has 0 amide bonds. The second kappa shape index (κ2) is 8.16. The fraction of sp³-hybridized carbons (Fsp3) is 0.538. The number of halogens is 2. The largest absolute Gasteiger partial charge is 0.310 e. The van der Waals surface area contributed by atoms with Gasteiger partial charge in [0.2, 0.25) is 0 Å². The third kappa shape index (κ3) is 5.27. The number of rotatable bonds is 7. The fourth-order valence-corrected chi connectivity index (χ4v) is 2.64. The van der Waals surface area contributed by atoms with Gasteiger partial charge in [-0.3, -0.25) is 4.21 Å². The average Bonchev–Trinajstić information content (AvgIpc) is 2.33. The van der Waals surface area contributed by atoms with Crippen LogP contribution in [0.3, 0.4) is 0 Å². The summed E-state index contributed by atoms with van der Waals surface area (Å²) >= 11 is 11.9. The van der Waals surface area contributed by atoms with Crippen molar-refractivity contribution in [3.05, 3.63) is 33.8 Å². The van der Waals surface area contributed by atoms with Gasteiger partial charge in [-0.2, -0.15) is 0 Å². The van der Waals surface area contributed by atoms with E-state index in [0.29, 0.717) is 10.0 Å². The van der Waals surface area contributed by atoms with Crippen molar-refractivity contribution < 1.29 is 4.21 Å². The van der Waals surface area contributed by atoms with E-state index in [9.17, 15) is 4.21 Å². The van der Waals surface area contributed by atoms with Crippen LogP contribution in [0.15, 0.2) is 18.2 Å². The Morgan fingerprint density at radius 2 is 2.06 bits per heavy atom. The van der Waals surface area contributed by atoms with Gasteiger partial charge in [0.1, 0.15) is 0 Å². The Labute approximate surface area is 122 Å². The summed E-state index contributed by atoms with van der Waals surface area (Å²) < 4.78 is 11.0. The van der Waals surface area contributed by atoms with E-state index >= 15 is 0 Å². The first-order valence-corrected chi connectivity index (χ1v) is 8.51. The summed E-state index contributed by atoms with van der Waals surface area (Å²) in [6.45, 7) is 2.98. The van der Waals surface area contributed by atoms with Gasteiger partial charge in [0.05, 0.1) is 10.0 Å². The van der Waals surface area contributed by atoms with Gasteiger partial charge < -0.3 is 5.32 Å². The van der Waals surface area contributed by atoms with Crippen LogP contribution < -0.4 is 5.32 Å².